The van der Waals surface area contributed by atoms with Crippen molar-refractivity contribution >= 4 is 29.0 Å². The minimum Gasteiger partial charge on any atom is -0.329 e. The zero-order chi connectivity index (χ0) is 7.14. The number of hydrogen-bond donors (Lipinski definition) is 0. The molecule has 1 nitrogen and oxygen atoms in total. The van der Waals surface area contributed by atoms with Crippen molar-refractivity contribution in [2.75, 3.05) is 5.75 Å². The third kappa shape index (κ3) is 0.736. The maximum atomic E-state index is 5.17. The topological polar surface area (TPSA) is 3.24 Å². The highest BCUT2D eigenvalue weighted by molar-refractivity contribution is 8.00. The van der Waals surface area contributed by atoms with E-state index >= 15 is 0 Å². The van der Waals surface area contributed by atoms with Crippen molar-refractivity contribution < 1.29 is 0 Å². The van der Waals surface area contributed by atoms with E-state index in [0.29, 0.717) is 11.3 Å². The molecule has 0 bridgehead atoms. The number of thioether (sulfide) groups is 1. The molecule has 10 heavy (non-hydrogen) atoms. The number of hydrogen-bond acceptors (Lipinski definition) is 2. The van der Waals surface area contributed by atoms with Crippen LogP contribution in [0.1, 0.15) is 6.92 Å². The highest BCUT2D eigenvalue weighted by Gasteiger charge is 2.40. The lowest BCUT2D eigenvalue weighted by atomic mass is 10.0. The number of thiocarbonyl (C=S) groups is 1. The predicted molar refractivity (Wildman–Crippen MR) is 49.0 cm³/mol. The Balaban J connectivity index is 2.18. The summed E-state index contributed by atoms with van der Waals surface area (Å²) in [4.78, 5) is 3.29. The second kappa shape index (κ2) is 2.24. The molecule has 0 saturated carbocycles. The minimum atomic E-state index is 0.616. The Morgan fingerprint density at radius 1 is 1.80 bits per heavy atom. The highest BCUT2D eigenvalue weighted by Crippen LogP contribution is 2.38. The predicted octanol–water partition coefficient (Wildman–Crippen LogP) is 1.85. The van der Waals surface area contributed by atoms with Gasteiger partial charge in [-0.2, -0.15) is 0 Å². The monoisotopic (exact) mass is 171 g/mol. The standard InChI is InChI=1S/C7H9NS2/c1-5-6(9)8-3-2-4-10-7(5)8/h2-3,5,7H,4H2,1H3/t5-,7+/m0/s1. The van der Waals surface area contributed by atoms with Gasteiger partial charge in [-0.05, 0) is 0 Å². The average molecular weight is 171 g/mol. The van der Waals surface area contributed by atoms with E-state index in [1.165, 1.54) is 0 Å². The molecule has 1 saturated heterocycles. The lowest BCUT2D eigenvalue weighted by molar-refractivity contribution is 0.357. The molecular weight excluding hydrogens is 162 g/mol. The SMILES string of the molecule is C[C@H]1C(=S)N2C=CCS[C@H]12. The maximum Gasteiger partial charge on any atom is 0.0889 e. The van der Waals surface area contributed by atoms with Gasteiger partial charge in [0.2, 0.25) is 0 Å². The normalized spacial score (nSPS) is 37.3. The zero-order valence-electron chi connectivity index (χ0n) is 5.78. The third-order valence-corrected chi connectivity index (χ3v) is 3.92. The van der Waals surface area contributed by atoms with E-state index in [4.69, 9.17) is 12.2 Å². The van der Waals surface area contributed by atoms with Crippen LogP contribution >= 0.6 is 24.0 Å². The Kier molecular flexibility index (Phi) is 1.49. The summed E-state index contributed by atoms with van der Waals surface area (Å²) >= 11 is 7.14. The van der Waals surface area contributed by atoms with E-state index in [2.05, 4.69) is 24.1 Å². The summed E-state index contributed by atoms with van der Waals surface area (Å²) in [5.41, 5.74) is 0. The van der Waals surface area contributed by atoms with Crippen LogP contribution in [0.4, 0.5) is 0 Å². The van der Waals surface area contributed by atoms with Crippen molar-refractivity contribution in [3.05, 3.63) is 12.3 Å². The Morgan fingerprint density at radius 2 is 2.60 bits per heavy atom. The third-order valence-electron chi connectivity index (χ3n) is 1.98. The molecule has 1 fully saturated rings. The molecule has 0 aliphatic carbocycles. The quantitative estimate of drug-likeness (QED) is 0.512. The Hall–Kier alpha value is -0.0200. The second-order valence-corrected chi connectivity index (χ2v) is 4.21. The molecule has 0 radical (unpaired) electrons. The second-order valence-electron chi connectivity index (χ2n) is 2.64. The van der Waals surface area contributed by atoms with Crippen molar-refractivity contribution in [2.24, 2.45) is 5.92 Å². The van der Waals surface area contributed by atoms with Gasteiger partial charge < -0.3 is 4.90 Å². The molecule has 0 aromatic carbocycles. The summed E-state index contributed by atoms with van der Waals surface area (Å²) < 4.78 is 0. The molecule has 3 heteroatoms. The summed E-state index contributed by atoms with van der Waals surface area (Å²) in [5, 5.41) is 0.650. The molecule has 2 atom stereocenters. The van der Waals surface area contributed by atoms with E-state index < -0.39 is 0 Å². The van der Waals surface area contributed by atoms with Crippen LogP contribution in [0.3, 0.4) is 0 Å². The van der Waals surface area contributed by atoms with Crippen molar-refractivity contribution in [3.63, 3.8) is 0 Å². The highest BCUT2D eigenvalue weighted by atomic mass is 32.2. The van der Waals surface area contributed by atoms with Gasteiger partial charge in [-0.25, -0.2) is 0 Å². The van der Waals surface area contributed by atoms with Crippen molar-refractivity contribution in [2.45, 2.75) is 12.3 Å². The molecule has 54 valence electrons. The maximum absolute atomic E-state index is 5.17. The van der Waals surface area contributed by atoms with Crippen molar-refractivity contribution in [3.8, 4) is 0 Å². The van der Waals surface area contributed by atoms with Gasteiger partial charge in [-0.3, -0.25) is 0 Å². The van der Waals surface area contributed by atoms with Gasteiger partial charge >= 0.3 is 0 Å². The van der Waals surface area contributed by atoms with Gasteiger partial charge in [0.1, 0.15) is 0 Å². The van der Waals surface area contributed by atoms with Gasteiger partial charge in [0.05, 0.1) is 10.4 Å². The van der Waals surface area contributed by atoms with Gasteiger partial charge in [0, 0.05) is 17.9 Å². The smallest absolute Gasteiger partial charge is 0.0889 e. The first kappa shape index (κ1) is 6.68. The summed E-state index contributed by atoms with van der Waals surface area (Å²) in [6.07, 6.45) is 4.28. The van der Waals surface area contributed by atoms with Crippen molar-refractivity contribution in [1.82, 2.24) is 4.90 Å². The van der Waals surface area contributed by atoms with Crippen LogP contribution in [-0.4, -0.2) is 21.0 Å². The van der Waals surface area contributed by atoms with Crippen molar-refractivity contribution in [1.29, 1.82) is 0 Å². The molecule has 2 rings (SSSR count). The molecule has 0 unspecified atom stereocenters. The van der Waals surface area contributed by atoms with E-state index in [1.807, 2.05) is 11.8 Å². The Bertz CT molecular complexity index is 200. The molecule has 0 amide bonds. The first-order chi connectivity index (χ1) is 4.80. The van der Waals surface area contributed by atoms with Gasteiger partial charge in [-0.15, -0.1) is 11.8 Å². The summed E-state index contributed by atoms with van der Waals surface area (Å²) in [6.45, 7) is 2.20. The summed E-state index contributed by atoms with van der Waals surface area (Å²) in [6, 6.07) is 0. The molecule has 0 aromatic heterocycles. The first-order valence-corrected chi connectivity index (χ1v) is 4.87. The number of rotatable bonds is 0. The minimum absolute atomic E-state index is 0.616. The molecule has 0 spiro atoms. The fourth-order valence-corrected chi connectivity index (χ4v) is 2.95. The van der Waals surface area contributed by atoms with Gasteiger partial charge in [-0.1, -0.05) is 25.2 Å². The van der Waals surface area contributed by atoms with Crippen LogP contribution in [0, 0.1) is 5.92 Å². The summed E-state index contributed by atoms with van der Waals surface area (Å²) in [5.74, 6) is 1.76. The Morgan fingerprint density at radius 3 is 3.30 bits per heavy atom. The van der Waals surface area contributed by atoms with Crippen LogP contribution < -0.4 is 0 Å². The van der Waals surface area contributed by atoms with E-state index in [0.717, 1.165) is 10.7 Å². The molecule has 0 N–H and O–H groups in total. The molecule has 0 aromatic rings. The van der Waals surface area contributed by atoms with Gasteiger partial charge in [0.25, 0.3) is 0 Å². The van der Waals surface area contributed by atoms with E-state index in [9.17, 15) is 0 Å². The number of fused-ring (bicyclic) bond motifs is 1. The zero-order valence-corrected chi connectivity index (χ0v) is 7.41. The Labute approximate surface area is 70.5 Å². The molecule has 2 aliphatic rings. The molecular formula is C7H9NS2. The van der Waals surface area contributed by atoms with Crippen LogP contribution in [0.2, 0.25) is 0 Å². The van der Waals surface area contributed by atoms with Crippen LogP contribution in [-0.2, 0) is 0 Å². The van der Waals surface area contributed by atoms with E-state index in [1.54, 1.807) is 0 Å². The molecule has 2 aliphatic heterocycles. The molecule has 2 heterocycles. The lowest BCUT2D eigenvalue weighted by Gasteiger charge is -2.47. The van der Waals surface area contributed by atoms with E-state index in [-0.39, 0.29) is 0 Å². The summed E-state index contributed by atoms with van der Waals surface area (Å²) in [7, 11) is 0. The number of nitrogens with zero attached hydrogens (tertiary/aromatic N) is 1. The average Bonchev–Trinajstić information content (AvgIpc) is 2.03. The lowest BCUT2D eigenvalue weighted by Crippen LogP contribution is -2.55. The first-order valence-electron chi connectivity index (χ1n) is 3.41. The fourth-order valence-electron chi connectivity index (χ4n) is 1.33. The van der Waals surface area contributed by atoms with Gasteiger partial charge in [0.15, 0.2) is 0 Å². The van der Waals surface area contributed by atoms with Crippen LogP contribution in [0.5, 0.6) is 0 Å². The van der Waals surface area contributed by atoms with Crippen LogP contribution in [0.15, 0.2) is 12.3 Å². The largest absolute Gasteiger partial charge is 0.329 e. The van der Waals surface area contributed by atoms with Crippen LogP contribution in [0.25, 0.3) is 0 Å². The fraction of sp³-hybridized carbons (Fsp3) is 0.571.